The molecule has 40 heavy (non-hydrogen) atoms. The van der Waals surface area contributed by atoms with E-state index in [1.165, 1.54) is 44.4 Å². The Kier molecular flexibility index (Phi) is 7.90. The van der Waals surface area contributed by atoms with Crippen LogP contribution in [0.4, 0.5) is 17.6 Å². The standard InChI is InChI=1S/C27H26ClF4N3O5/c1-4-39-19-8-6-15(10-20(19)38-3)24(36)34-12-26(37,27(30,31)32)21-11-16-23(40-13-25(16,2)33)22(35-21)14-5-7-18(29)17(28)9-14/h5-11,37H,4,12-13,33H2,1-3H3,(H,34,36)/t25-,26-/m1/s1. The van der Waals surface area contributed by atoms with E-state index in [0.717, 1.165) is 12.1 Å². The molecule has 0 saturated heterocycles. The monoisotopic (exact) mass is 583 g/mol. The second-order valence-electron chi connectivity index (χ2n) is 9.41. The average Bonchev–Trinajstić information content (AvgIpc) is 3.22. The van der Waals surface area contributed by atoms with Gasteiger partial charge in [0.15, 0.2) is 17.2 Å². The minimum absolute atomic E-state index is 0.0312. The van der Waals surface area contributed by atoms with Crippen molar-refractivity contribution in [3.05, 3.63) is 70.1 Å². The number of halogens is 5. The van der Waals surface area contributed by atoms with Gasteiger partial charge >= 0.3 is 6.18 Å². The molecule has 0 fully saturated rings. The van der Waals surface area contributed by atoms with Crippen LogP contribution in [0.15, 0.2) is 42.5 Å². The van der Waals surface area contributed by atoms with Crippen molar-refractivity contribution in [1.29, 1.82) is 0 Å². The Bertz CT molecular complexity index is 1450. The molecule has 4 rings (SSSR count). The first kappa shape index (κ1) is 29.4. The summed E-state index contributed by atoms with van der Waals surface area (Å²) in [7, 11) is 1.35. The second-order valence-corrected chi connectivity index (χ2v) is 9.81. The van der Waals surface area contributed by atoms with Gasteiger partial charge in [0.25, 0.3) is 5.91 Å². The summed E-state index contributed by atoms with van der Waals surface area (Å²) in [5, 5.41) is 12.9. The molecule has 0 unspecified atom stereocenters. The molecule has 2 atom stereocenters. The number of carbonyl (C=O) groups is 1. The summed E-state index contributed by atoms with van der Waals surface area (Å²) in [4.78, 5) is 16.9. The molecule has 0 spiro atoms. The maximum absolute atomic E-state index is 14.5. The maximum Gasteiger partial charge on any atom is 0.424 e. The van der Waals surface area contributed by atoms with Crippen molar-refractivity contribution in [3.8, 4) is 28.5 Å². The van der Waals surface area contributed by atoms with E-state index in [2.05, 4.69) is 10.3 Å². The lowest BCUT2D eigenvalue weighted by molar-refractivity contribution is -0.265. The molecule has 13 heteroatoms. The molecule has 0 radical (unpaired) electrons. The van der Waals surface area contributed by atoms with Crippen LogP contribution >= 0.6 is 11.6 Å². The van der Waals surface area contributed by atoms with E-state index in [-0.39, 0.29) is 45.5 Å². The highest BCUT2D eigenvalue weighted by molar-refractivity contribution is 6.31. The van der Waals surface area contributed by atoms with Crippen molar-refractivity contribution < 1.29 is 41.7 Å². The molecule has 1 amide bonds. The van der Waals surface area contributed by atoms with Crippen molar-refractivity contribution >= 4 is 17.5 Å². The molecule has 1 aliphatic heterocycles. The third kappa shape index (κ3) is 5.38. The highest BCUT2D eigenvalue weighted by Gasteiger charge is 2.57. The van der Waals surface area contributed by atoms with Crippen molar-refractivity contribution in [3.63, 3.8) is 0 Å². The van der Waals surface area contributed by atoms with Gasteiger partial charge in [0.2, 0.25) is 5.60 Å². The van der Waals surface area contributed by atoms with Gasteiger partial charge in [-0.1, -0.05) is 11.6 Å². The highest BCUT2D eigenvalue weighted by atomic mass is 35.5. The van der Waals surface area contributed by atoms with Crippen LogP contribution in [0.1, 0.15) is 35.5 Å². The molecule has 0 aliphatic carbocycles. The predicted molar refractivity (Wildman–Crippen MR) is 138 cm³/mol. The Labute approximate surface area is 232 Å². The molecule has 0 saturated carbocycles. The smallest absolute Gasteiger partial charge is 0.424 e. The van der Waals surface area contributed by atoms with Gasteiger partial charge in [0.1, 0.15) is 18.1 Å². The number of nitrogens with one attached hydrogen (secondary N) is 1. The first-order valence-electron chi connectivity index (χ1n) is 12.0. The predicted octanol–water partition coefficient (Wildman–Crippen LogP) is 4.69. The molecule has 1 aromatic heterocycles. The van der Waals surface area contributed by atoms with Crippen LogP contribution in [0.25, 0.3) is 11.3 Å². The van der Waals surface area contributed by atoms with E-state index in [9.17, 15) is 27.5 Å². The fraction of sp³-hybridized carbons (Fsp3) is 0.333. The molecular weight excluding hydrogens is 558 g/mol. The number of amides is 1. The topological polar surface area (TPSA) is 116 Å². The average molecular weight is 584 g/mol. The van der Waals surface area contributed by atoms with Gasteiger partial charge in [0, 0.05) is 16.7 Å². The number of fused-ring (bicyclic) bond motifs is 1. The van der Waals surface area contributed by atoms with Crippen LogP contribution < -0.4 is 25.3 Å². The number of aliphatic hydroxyl groups is 1. The van der Waals surface area contributed by atoms with Gasteiger partial charge in [-0.3, -0.25) is 4.79 Å². The highest BCUT2D eigenvalue weighted by Crippen LogP contribution is 2.46. The molecular formula is C27H26ClF4N3O5. The summed E-state index contributed by atoms with van der Waals surface area (Å²) in [6.07, 6.45) is -5.29. The number of pyridine rings is 1. The summed E-state index contributed by atoms with van der Waals surface area (Å²) in [5.41, 5.74) is 0.658. The Morgan fingerprint density at radius 2 is 1.95 bits per heavy atom. The number of hydrogen-bond acceptors (Lipinski definition) is 7. The zero-order valence-corrected chi connectivity index (χ0v) is 22.4. The Morgan fingerprint density at radius 3 is 2.58 bits per heavy atom. The van der Waals surface area contributed by atoms with Crippen LogP contribution in [0, 0.1) is 5.82 Å². The number of alkyl halides is 3. The van der Waals surface area contributed by atoms with Crippen LogP contribution in [-0.4, -0.2) is 49.0 Å². The van der Waals surface area contributed by atoms with E-state index >= 15 is 0 Å². The first-order chi connectivity index (χ1) is 18.7. The molecule has 2 aromatic carbocycles. The largest absolute Gasteiger partial charge is 0.493 e. The quantitative estimate of drug-likeness (QED) is 0.329. The van der Waals surface area contributed by atoms with Crippen LogP contribution in [0.3, 0.4) is 0 Å². The fourth-order valence-corrected chi connectivity index (χ4v) is 4.36. The molecule has 1 aliphatic rings. The molecule has 214 valence electrons. The number of rotatable bonds is 8. The number of hydrogen-bond donors (Lipinski definition) is 3. The lowest BCUT2D eigenvalue weighted by Gasteiger charge is -2.31. The lowest BCUT2D eigenvalue weighted by Crippen LogP contribution is -2.51. The summed E-state index contributed by atoms with van der Waals surface area (Å²) in [6.45, 7) is 2.24. The van der Waals surface area contributed by atoms with Crippen molar-refractivity contribution in [2.45, 2.75) is 31.2 Å². The van der Waals surface area contributed by atoms with Crippen molar-refractivity contribution in [2.75, 3.05) is 26.9 Å². The van der Waals surface area contributed by atoms with E-state index in [1.807, 2.05) is 0 Å². The number of carbonyl (C=O) groups excluding carboxylic acids is 1. The number of benzene rings is 2. The number of nitrogens with zero attached hydrogens (tertiary/aromatic N) is 1. The summed E-state index contributed by atoms with van der Waals surface area (Å²) < 4.78 is 73.5. The van der Waals surface area contributed by atoms with Crippen molar-refractivity contribution in [2.24, 2.45) is 5.73 Å². The summed E-state index contributed by atoms with van der Waals surface area (Å²) >= 11 is 5.90. The van der Waals surface area contributed by atoms with Gasteiger partial charge in [0.05, 0.1) is 36.5 Å². The normalized spacial score (nSPS) is 17.9. The molecule has 8 nitrogen and oxygen atoms in total. The second kappa shape index (κ2) is 10.8. The molecule has 0 bridgehead atoms. The zero-order valence-electron chi connectivity index (χ0n) is 21.7. The fourth-order valence-electron chi connectivity index (χ4n) is 4.18. The first-order valence-corrected chi connectivity index (χ1v) is 12.4. The number of nitrogens with two attached hydrogens (primary N) is 1. The van der Waals surface area contributed by atoms with Gasteiger partial charge in [-0.2, -0.15) is 13.2 Å². The number of aromatic nitrogens is 1. The van der Waals surface area contributed by atoms with Gasteiger partial charge in [-0.05, 0) is 56.3 Å². The summed E-state index contributed by atoms with van der Waals surface area (Å²) in [5.74, 6) is -1.04. The Balaban J connectivity index is 1.76. The Morgan fingerprint density at radius 1 is 1.23 bits per heavy atom. The minimum atomic E-state index is -5.29. The molecule has 4 N–H and O–H groups in total. The molecule has 3 aromatic rings. The minimum Gasteiger partial charge on any atom is -0.493 e. The van der Waals surface area contributed by atoms with Crippen LogP contribution in [0.2, 0.25) is 5.02 Å². The lowest BCUT2D eigenvalue weighted by atomic mass is 9.89. The van der Waals surface area contributed by atoms with Gasteiger partial charge in [-0.15, -0.1) is 0 Å². The zero-order chi connectivity index (χ0) is 29.5. The van der Waals surface area contributed by atoms with Gasteiger partial charge in [-0.25, -0.2) is 9.37 Å². The van der Waals surface area contributed by atoms with E-state index < -0.39 is 41.3 Å². The third-order valence-electron chi connectivity index (χ3n) is 6.42. The van der Waals surface area contributed by atoms with Crippen molar-refractivity contribution in [1.82, 2.24) is 10.3 Å². The summed E-state index contributed by atoms with van der Waals surface area (Å²) in [6, 6.07) is 8.54. The Hall–Kier alpha value is -3.61. The van der Waals surface area contributed by atoms with E-state index in [1.54, 1.807) is 6.92 Å². The number of ether oxygens (including phenoxy) is 3. The third-order valence-corrected chi connectivity index (χ3v) is 6.71. The maximum atomic E-state index is 14.5. The van der Waals surface area contributed by atoms with E-state index in [0.29, 0.717) is 12.4 Å². The van der Waals surface area contributed by atoms with E-state index in [4.69, 9.17) is 31.5 Å². The van der Waals surface area contributed by atoms with Crippen LogP contribution in [0.5, 0.6) is 17.2 Å². The molecule has 2 heterocycles. The van der Waals surface area contributed by atoms with Crippen LogP contribution in [-0.2, 0) is 11.1 Å². The van der Waals surface area contributed by atoms with Gasteiger partial charge < -0.3 is 30.4 Å². The number of methoxy groups -OCH3 is 1. The SMILES string of the molecule is CCOc1ccc(C(=O)NC[C@@](O)(c2cc3c(c(-c4ccc(F)c(Cl)c4)n2)OC[C@@]3(C)N)C(F)(F)F)cc1OC.